The lowest BCUT2D eigenvalue weighted by Crippen LogP contribution is -1.86. The summed E-state index contributed by atoms with van der Waals surface area (Å²) in [4.78, 5) is 9.05. The Hall–Kier alpha value is -2.34. The number of hydrogen-bond acceptors (Lipinski definition) is 4. The van der Waals surface area contributed by atoms with Gasteiger partial charge < -0.3 is 9.15 Å². The van der Waals surface area contributed by atoms with Gasteiger partial charge in [-0.2, -0.15) is 0 Å². The predicted molar refractivity (Wildman–Crippen MR) is 117 cm³/mol. The molecule has 7 heteroatoms. The van der Waals surface area contributed by atoms with Gasteiger partial charge in [-0.25, -0.2) is 4.98 Å². The molecule has 1 aromatic heterocycles. The second-order valence-electron chi connectivity index (χ2n) is 5.92. The van der Waals surface area contributed by atoms with Gasteiger partial charge in [-0.05, 0) is 70.0 Å². The van der Waals surface area contributed by atoms with Crippen LogP contribution in [0.25, 0.3) is 22.6 Å². The Labute approximate surface area is 179 Å². The Kier molecular flexibility index (Phi) is 5.40. The number of hydrogen-bond donors (Lipinski definition) is 0. The van der Waals surface area contributed by atoms with E-state index in [0.717, 1.165) is 21.5 Å². The fourth-order valence-electron chi connectivity index (χ4n) is 2.69. The van der Waals surface area contributed by atoms with Crippen molar-refractivity contribution in [2.45, 2.75) is 0 Å². The number of aromatic nitrogens is 1. The highest BCUT2D eigenvalue weighted by Crippen LogP contribution is 2.35. The van der Waals surface area contributed by atoms with Gasteiger partial charge in [0, 0.05) is 6.21 Å². The van der Waals surface area contributed by atoms with Crippen LogP contribution >= 0.6 is 39.1 Å². The van der Waals surface area contributed by atoms with Crippen molar-refractivity contribution in [3.05, 3.63) is 74.7 Å². The number of aliphatic imine (C=N–C) groups is 1. The molecule has 4 nitrogen and oxygen atoms in total. The fraction of sp³-hybridized carbons (Fsp3) is 0.0476. The van der Waals surface area contributed by atoms with E-state index in [-0.39, 0.29) is 0 Å². The van der Waals surface area contributed by atoms with Crippen molar-refractivity contribution in [3.8, 4) is 17.2 Å². The van der Waals surface area contributed by atoms with Crippen molar-refractivity contribution in [2.24, 2.45) is 4.99 Å². The molecule has 3 aromatic carbocycles. The molecular weight excluding hydrogens is 463 g/mol. The number of methoxy groups -OCH3 is 1. The first kappa shape index (κ1) is 19.0. The molecular formula is C21H13BrCl2N2O2. The molecule has 28 heavy (non-hydrogen) atoms. The molecule has 0 radical (unpaired) electrons. The zero-order valence-corrected chi connectivity index (χ0v) is 17.7. The standard InChI is InChI=1S/C21H13BrCl2N2O2/c1-27-18-7-5-12(9-15(18)22)11-25-13-6-8-19-17(10-13)26-21(28-19)14-3-2-4-16(23)20(14)24/h2-11H,1H3. The van der Waals surface area contributed by atoms with Gasteiger partial charge in [0.1, 0.15) is 11.3 Å². The van der Waals surface area contributed by atoms with Crippen LogP contribution in [-0.4, -0.2) is 18.3 Å². The summed E-state index contributed by atoms with van der Waals surface area (Å²) in [5.74, 6) is 1.19. The summed E-state index contributed by atoms with van der Waals surface area (Å²) in [6, 6.07) is 16.7. The predicted octanol–water partition coefficient (Wildman–Crippen LogP) is 7.32. The molecule has 0 aliphatic heterocycles. The van der Waals surface area contributed by atoms with Crippen LogP contribution in [-0.2, 0) is 0 Å². The van der Waals surface area contributed by atoms with E-state index in [0.29, 0.717) is 32.6 Å². The lowest BCUT2D eigenvalue weighted by molar-refractivity contribution is 0.412. The van der Waals surface area contributed by atoms with Crippen molar-refractivity contribution in [2.75, 3.05) is 7.11 Å². The minimum Gasteiger partial charge on any atom is -0.496 e. The Balaban J connectivity index is 1.65. The van der Waals surface area contributed by atoms with Crippen molar-refractivity contribution in [1.82, 2.24) is 4.98 Å². The summed E-state index contributed by atoms with van der Waals surface area (Å²) in [7, 11) is 1.63. The van der Waals surface area contributed by atoms with Gasteiger partial charge in [-0.1, -0.05) is 29.3 Å². The summed E-state index contributed by atoms with van der Waals surface area (Å²) >= 11 is 15.8. The number of nitrogens with zero attached hydrogens (tertiary/aromatic N) is 2. The van der Waals surface area contributed by atoms with E-state index < -0.39 is 0 Å². The third kappa shape index (κ3) is 3.78. The maximum absolute atomic E-state index is 6.27. The number of ether oxygens (including phenoxy) is 1. The van der Waals surface area contributed by atoms with Crippen LogP contribution in [0.15, 0.2) is 68.5 Å². The molecule has 0 spiro atoms. The minimum absolute atomic E-state index is 0.416. The first-order valence-electron chi connectivity index (χ1n) is 8.28. The van der Waals surface area contributed by atoms with E-state index in [4.69, 9.17) is 32.4 Å². The van der Waals surface area contributed by atoms with E-state index in [1.165, 1.54) is 0 Å². The van der Waals surface area contributed by atoms with Crippen LogP contribution in [0.5, 0.6) is 5.75 Å². The molecule has 0 fully saturated rings. The topological polar surface area (TPSA) is 47.6 Å². The molecule has 0 saturated heterocycles. The van der Waals surface area contributed by atoms with Gasteiger partial charge in [0.05, 0.1) is 32.9 Å². The van der Waals surface area contributed by atoms with Crippen molar-refractivity contribution >= 4 is 62.1 Å². The molecule has 0 amide bonds. The Morgan fingerprint density at radius 3 is 2.75 bits per heavy atom. The normalized spacial score (nSPS) is 11.4. The highest BCUT2D eigenvalue weighted by molar-refractivity contribution is 9.10. The number of oxazole rings is 1. The Morgan fingerprint density at radius 1 is 1.11 bits per heavy atom. The lowest BCUT2D eigenvalue weighted by Gasteiger charge is -2.03. The Morgan fingerprint density at radius 2 is 1.96 bits per heavy atom. The van der Waals surface area contributed by atoms with Crippen LogP contribution in [0.3, 0.4) is 0 Å². The van der Waals surface area contributed by atoms with Crippen LogP contribution in [0.2, 0.25) is 10.0 Å². The van der Waals surface area contributed by atoms with Crippen LogP contribution in [0, 0.1) is 0 Å². The van der Waals surface area contributed by atoms with Crippen molar-refractivity contribution in [1.29, 1.82) is 0 Å². The van der Waals surface area contributed by atoms with Gasteiger partial charge in [0.15, 0.2) is 5.58 Å². The molecule has 0 unspecified atom stereocenters. The zero-order valence-electron chi connectivity index (χ0n) is 14.6. The zero-order chi connectivity index (χ0) is 19.7. The first-order chi connectivity index (χ1) is 13.5. The van der Waals surface area contributed by atoms with E-state index in [2.05, 4.69) is 25.9 Å². The third-order valence-electron chi connectivity index (χ3n) is 4.09. The minimum atomic E-state index is 0.416. The van der Waals surface area contributed by atoms with Crippen LogP contribution < -0.4 is 4.74 Å². The quantitative estimate of drug-likeness (QED) is 0.290. The first-order valence-corrected chi connectivity index (χ1v) is 9.82. The van der Waals surface area contributed by atoms with Gasteiger partial charge in [0.2, 0.25) is 5.89 Å². The number of rotatable bonds is 4. The number of halogens is 3. The molecule has 0 N–H and O–H groups in total. The third-order valence-corrected chi connectivity index (χ3v) is 5.53. The monoisotopic (exact) mass is 474 g/mol. The van der Waals surface area contributed by atoms with E-state index >= 15 is 0 Å². The van der Waals surface area contributed by atoms with E-state index in [1.54, 1.807) is 25.5 Å². The maximum Gasteiger partial charge on any atom is 0.228 e. The summed E-state index contributed by atoms with van der Waals surface area (Å²) < 4.78 is 11.9. The molecule has 0 bridgehead atoms. The van der Waals surface area contributed by atoms with E-state index in [1.807, 2.05) is 42.5 Å². The van der Waals surface area contributed by atoms with Crippen LogP contribution in [0.4, 0.5) is 5.69 Å². The van der Waals surface area contributed by atoms with Gasteiger partial charge in [-0.15, -0.1) is 0 Å². The van der Waals surface area contributed by atoms with E-state index in [9.17, 15) is 0 Å². The molecule has 0 atom stereocenters. The molecule has 4 rings (SSSR count). The molecule has 1 heterocycles. The van der Waals surface area contributed by atoms with Crippen molar-refractivity contribution < 1.29 is 9.15 Å². The highest BCUT2D eigenvalue weighted by atomic mass is 79.9. The Bertz CT molecular complexity index is 1200. The van der Waals surface area contributed by atoms with Gasteiger partial charge >= 0.3 is 0 Å². The molecule has 0 aliphatic rings. The van der Waals surface area contributed by atoms with Gasteiger partial charge in [-0.3, -0.25) is 4.99 Å². The summed E-state index contributed by atoms with van der Waals surface area (Å²) in [5, 5.41) is 0.872. The summed E-state index contributed by atoms with van der Waals surface area (Å²) in [5.41, 5.74) is 3.70. The SMILES string of the molecule is COc1ccc(C=Nc2ccc3oc(-c4cccc(Cl)c4Cl)nc3c2)cc1Br. The van der Waals surface area contributed by atoms with Gasteiger partial charge in [0.25, 0.3) is 0 Å². The molecule has 140 valence electrons. The number of benzene rings is 3. The highest BCUT2D eigenvalue weighted by Gasteiger charge is 2.13. The average Bonchev–Trinajstić information content (AvgIpc) is 3.11. The number of fused-ring (bicyclic) bond motifs is 1. The maximum atomic E-state index is 6.27. The second kappa shape index (κ2) is 7.95. The lowest BCUT2D eigenvalue weighted by atomic mass is 10.2. The van der Waals surface area contributed by atoms with Crippen LogP contribution in [0.1, 0.15) is 5.56 Å². The van der Waals surface area contributed by atoms with Crippen molar-refractivity contribution in [3.63, 3.8) is 0 Å². The molecule has 0 aliphatic carbocycles. The second-order valence-corrected chi connectivity index (χ2v) is 7.56. The average molecular weight is 476 g/mol. The largest absolute Gasteiger partial charge is 0.496 e. The molecule has 0 saturated carbocycles. The summed E-state index contributed by atoms with van der Waals surface area (Å²) in [6.07, 6.45) is 1.78. The smallest absolute Gasteiger partial charge is 0.228 e. The fourth-order valence-corrected chi connectivity index (χ4v) is 3.63. The molecule has 4 aromatic rings. The summed E-state index contributed by atoms with van der Waals surface area (Å²) in [6.45, 7) is 0.